The summed E-state index contributed by atoms with van der Waals surface area (Å²) in [6.45, 7) is 17.8. The van der Waals surface area contributed by atoms with Crippen LogP contribution in [0.15, 0.2) is 37.4 Å². The Morgan fingerprint density at radius 3 is 1.52 bits per heavy atom. The van der Waals surface area contributed by atoms with Gasteiger partial charge in [0, 0.05) is 82.1 Å². The minimum atomic E-state index is -0.0378. The third-order valence-electron chi connectivity index (χ3n) is 9.85. The van der Waals surface area contributed by atoms with Gasteiger partial charge in [-0.2, -0.15) is 23.5 Å². The van der Waals surface area contributed by atoms with E-state index in [9.17, 15) is 9.59 Å². The molecular weight excluding hydrogens is 717 g/mol. The highest BCUT2D eigenvalue weighted by Crippen LogP contribution is 2.38. The number of H-pyrrole nitrogens is 2. The summed E-state index contributed by atoms with van der Waals surface area (Å²) in [7, 11) is 0. The van der Waals surface area contributed by atoms with Gasteiger partial charge in [-0.3, -0.25) is 9.59 Å². The monoisotopic (exact) mass is 768 g/mol. The van der Waals surface area contributed by atoms with Crippen molar-refractivity contribution in [3.8, 4) is 0 Å². The zero-order valence-corrected chi connectivity index (χ0v) is 33.4. The van der Waals surface area contributed by atoms with Crippen molar-refractivity contribution >= 4 is 91.8 Å². The van der Waals surface area contributed by atoms with Gasteiger partial charge in [0.2, 0.25) is 11.8 Å². The average Bonchev–Trinajstić information content (AvgIpc) is 3.82. The van der Waals surface area contributed by atoms with Crippen LogP contribution in [0.2, 0.25) is 0 Å². The van der Waals surface area contributed by atoms with Crippen molar-refractivity contribution < 1.29 is 19.8 Å². The molecule has 8 bridgehead atoms. The average molecular weight is 769 g/mol. The Kier molecular flexibility index (Phi) is 14.6. The molecule has 286 valence electrons. The number of hydrogen-bond donors (Lipinski definition) is 6. The van der Waals surface area contributed by atoms with E-state index < -0.39 is 0 Å². The smallest absolute Gasteiger partial charge is 0.220 e. The van der Waals surface area contributed by atoms with E-state index in [1.165, 1.54) is 0 Å². The molecule has 2 aliphatic rings. The Hall–Kier alpha value is -4.36. The van der Waals surface area contributed by atoms with Crippen molar-refractivity contribution in [2.45, 2.75) is 53.4 Å². The lowest BCUT2D eigenvalue weighted by atomic mass is 9.98. The van der Waals surface area contributed by atoms with Crippen molar-refractivity contribution in [2.75, 3.05) is 49.3 Å². The second-order valence-corrected chi connectivity index (χ2v) is 15.8. The highest BCUT2D eigenvalue weighted by Gasteiger charge is 2.23. The molecule has 2 aliphatic heterocycles. The van der Waals surface area contributed by atoms with Crippen LogP contribution in [-0.4, -0.2) is 91.3 Å². The molecule has 0 fully saturated rings. The number of rotatable bonds is 18. The standard InChI is InChI=1S/C42H52N6O4S2/c1-7-29-25(3)33-21-34-27(5)31(9-11-41(51)43-13-17-53-19-15-49)39(47-34)24-40-32(10-12-42(52)44-14-18-54-20-16-50)28(6)36(48-40)23-38-30(8-2)26(4)35(46-38)22-37(29)45-33/h7-8,21-24,45-46,49-50H,1-2,9-20H2,3-6H3,(H,43,51)(H,44,52). The molecule has 2 amide bonds. The molecule has 0 aromatic carbocycles. The number of aliphatic hydroxyl groups excluding tert-OH is 2. The summed E-state index contributed by atoms with van der Waals surface area (Å²) in [6, 6.07) is 8.23. The summed E-state index contributed by atoms with van der Waals surface area (Å²) in [4.78, 5) is 43.5. The van der Waals surface area contributed by atoms with E-state index in [1.54, 1.807) is 23.5 Å². The maximum atomic E-state index is 13.0. The predicted molar refractivity (Wildman–Crippen MR) is 229 cm³/mol. The fourth-order valence-electron chi connectivity index (χ4n) is 6.82. The maximum Gasteiger partial charge on any atom is 0.220 e. The number of fused-ring (bicyclic) bond motifs is 8. The number of hydrogen-bond acceptors (Lipinski definition) is 8. The fraction of sp³-hybridized carbons (Fsp3) is 0.381. The van der Waals surface area contributed by atoms with Crippen LogP contribution < -0.4 is 10.6 Å². The first-order chi connectivity index (χ1) is 26.1. The van der Waals surface area contributed by atoms with E-state index >= 15 is 0 Å². The van der Waals surface area contributed by atoms with Crippen molar-refractivity contribution in [2.24, 2.45) is 0 Å². The van der Waals surface area contributed by atoms with E-state index in [4.69, 9.17) is 20.2 Å². The predicted octanol–water partition coefficient (Wildman–Crippen LogP) is 7.32. The largest absolute Gasteiger partial charge is 0.396 e. The normalized spacial score (nSPS) is 12.7. The number of amides is 2. The van der Waals surface area contributed by atoms with Crippen LogP contribution in [0.25, 0.3) is 56.5 Å². The van der Waals surface area contributed by atoms with Crippen molar-refractivity contribution in [3.05, 3.63) is 82.5 Å². The highest BCUT2D eigenvalue weighted by molar-refractivity contribution is 7.99. The molecule has 3 aromatic rings. The van der Waals surface area contributed by atoms with Crippen LogP contribution >= 0.6 is 23.5 Å². The fourth-order valence-corrected chi connectivity index (χ4v) is 7.97. The quantitative estimate of drug-likeness (QED) is 0.0736. The first kappa shape index (κ1) is 40.8. The Labute approximate surface area is 326 Å². The minimum absolute atomic E-state index is 0.0369. The molecule has 0 atom stereocenters. The van der Waals surface area contributed by atoms with Crippen LogP contribution in [0.1, 0.15) is 84.6 Å². The number of carbonyl (C=O) groups excluding carboxylic acids is 2. The van der Waals surface area contributed by atoms with Gasteiger partial charge in [-0.1, -0.05) is 25.3 Å². The summed E-state index contributed by atoms with van der Waals surface area (Å²) in [6.07, 6.45) is 5.31. The van der Waals surface area contributed by atoms with E-state index in [2.05, 4.69) is 72.7 Å². The van der Waals surface area contributed by atoms with Crippen LogP contribution in [0.3, 0.4) is 0 Å². The zero-order valence-electron chi connectivity index (χ0n) is 31.8. The Morgan fingerprint density at radius 1 is 0.648 bits per heavy atom. The minimum Gasteiger partial charge on any atom is -0.396 e. The highest BCUT2D eigenvalue weighted by atomic mass is 32.2. The molecule has 0 unspecified atom stereocenters. The van der Waals surface area contributed by atoms with Crippen molar-refractivity contribution in [1.29, 1.82) is 0 Å². The molecule has 0 saturated carbocycles. The van der Waals surface area contributed by atoms with E-state index in [0.717, 1.165) is 101 Å². The zero-order chi connectivity index (χ0) is 38.8. The second kappa shape index (κ2) is 19.3. The van der Waals surface area contributed by atoms with E-state index in [-0.39, 0.29) is 25.0 Å². The molecule has 5 heterocycles. The topological polar surface area (TPSA) is 156 Å². The third-order valence-corrected chi connectivity index (χ3v) is 11.8. The summed E-state index contributed by atoms with van der Waals surface area (Å²) in [5.41, 5.74) is 14.8. The Balaban J connectivity index is 1.64. The number of nitrogens with one attached hydrogen (secondary N) is 4. The van der Waals surface area contributed by atoms with Crippen molar-refractivity contribution in [3.63, 3.8) is 0 Å². The third kappa shape index (κ3) is 9.65. The molecule has 10 nitrogen and oxygen atoms in total. The molecular formula is C42H52N6O4S2. The molecule has 3 aromatic heterocycles. The summed E-state index contributed by atoms with van der Waals surface area (Å²) in [5.74, 6) is 2.70. The molecule has 0 aliphatic carbocycles. The SMILES string of the molecule is C=Cc1c(C)c2cc3[nH]c(cc4nc(cc5nc(cc1[nH]2)C(C)=C5CCC(=O)NCCSCCO)C(CCC(=O)NCCSCCO)=C4C)c(C)c3C=C. The molecule has 6 N–H and O–H groups in total. The van der Waals surface area contributed by atoms with Crippen LogP contribution in [0.5, 0.6) is 0 Å². The van der Waals surface area contributed by atoms with E-state index in [1.807, 2.05) is 25.1 Å². The molecule has 5 rings (SSSR count). The number of aromatic amines is 2. The van der Waals surface area contributed by atoms with Gasteiger partial charge in [-0.05, 0) is 98.2 Å². The van der Waals surface area contributed by atoms with Gasteiger partial charge in [0.1, 0.15) is 0 Å². The summed E-state index contributed by atoms with van der Waals surface area (Å²) in [5, 5.41) is 24.1. The molecule has 12 heteroatoms. The van der Waals surface area contributed by atoms with Gasteiger partial charge in [-0.25, -0.2) is 9.97 Å². The number of thioether (sulfide) groups is 2. The number of nitrogens with zero attached hydrogens (tertiary/aromatic N) is 2. The molecule has 0 radical (unpaired) electrons. The number of aryl methyl sites for hydroxylation is 2. The summed E-state index contributed by atoms with van der Waals surface area (Å²) >= 11 is 3.21. The number of aliphatic hydroxyl groups is 2. The molecule has 0 spiro atoms. The van der Waals surface area contributed by atoms with Gasteiger partial charge in [0.15, 0.2) is 0 Å². The van der Waals surface area contributed by atoms with Gasteiger partial charge in [0.05, 0.1) is 36.0 Å². The lowest BCUT2D eigenvalue weighted by molar-refractivity contribution is -0.121. The maximum absolute atomic E-state index is 13.0. The summed E-state index contributed by atoms with van der Waals surface area (Å²) < 4.78 is 0. The molecule has 0 saturated heterocycles. The van der Waals surface area contributed by atoms with Gasteiger partial charge in [-0.15, -0.1) is 0 Å². The van der Waals surface area contributed by atoms with Gasteiger partial charge in [0.25, 0.3) is 0 Å². The first-order valence-corrected chi connectivity index (χ1v) is 20.7. The second-order valence-electron chi connectivity index (χ2n) is 13.3. The molecule has 54 heavy (non-hydrogen) atoms. The van der Waals surface area contributed by atoms with Crippen molar-refractivity contribution in [1.82, 2.24) is 30.6 Å². The van der Waals surface area contributed by atoms with Gasteiger partial charge >= 0.3 is 0 Å². The number of allylic oxidation sites excluding steroid dienone is 4. The van der Waals surface area contributed by atoms with E-state index in [0.29, 0.717) is 50.3 Å². The number of carbonyl (C=O) groups is 2. The lowest BCUT2D eigenvalue weighted by Gasteiger charge is -2.08. The number of aromatic nitrogens is 4. The van der Waals surface area contributed by atoms with Crippen LogP contribution in [0.4, 0.5) is 0 Å². The van der Waals surface area contributed by atoms with Crippen LogP contribution in [-0.2, 0) is 9.59 Å². The van der Waals surface area contributed by atoms with Crippen LogP contribution in [0, 0.1) is 13.8 Å². The first-order valence-electron chi connectivity index (χ1n) is 18.4. The van der Waals surface area contributed by atoms with Gasteiger partial charge < -0.3 is 30.8 Å². The lowest BCUT2D eigenvalue weighted by Crippen LogP contribution is -2.25. The Bertz CT molecular complexity index is 2150. The Morgan fingerprint density at radius 2 is 1.07 bits per heavy atom.